The number of carboxylic acids is 1. The number of carbonyl (C=O) groups is 1. The Labute approximate surface area is 96.4 Å². The summed E-state index contributed by atoms with van der Waals surface area (Å²) in [5.41, 5.74) is 0.480. The third-order valence-corrected chi connectivity index (χ3v) is 3.33. The van der Waals surface area contributed by atoms with Gasteiger partial charge in [0.1, 0.15) is 5.82 Å². The van der Waals surface area contributed by atoms with Crippen molar-refractivity contribution >= 4 is 44.5 Å². The molecule has 0 heterocycles. The average Bonchev–Trinajstić information content (AvgIpc) is 2.05. The number of benzene rings is 1. The summed E-state index contributed by atoms with van der Waals surface area (Å²) in [6, 6.07) is 2.86. The summed E-state index contributed by atoms with van der Waals surface area (Å²) in [7, 11) is 0. The third kappa shape index (κ3) is 2.63. The molecule has 1 aromatic rings. The number of halogens is 3. The molecule has 1 N–H and O–H groups in total. The van der Waals surface area contributed by atoms with Gasteiger partial charge in [-0.25, -0.2) is 4.39 Å². The zero-order valence-electron chi connectivity index (χ0n) is 6.35. The first-order chi connectivity index (χ1) is 6.02. The standard InChI is InChI=1S/C8H5BrFIO2/c9-8-4(3-7(12)13)6(11)2-1-5(8)10/h1-2H,3H2,(H,12,13). The Balaban J connectivity index is 3.17. The summed E-state index contributed by atoms with van der Waals surface area (Å²) in [6.07, 6.45) is -0.170. The molecule has 0 aliphatic heterocycles. The third-order valence-electron chi connectivity index (χ3n) is 1.47. The predicted octanol–water partition coefficient (Wildman–Crippen LogP) is 2.82. The van der Waals surface area contributed by atoms with Crippen molar-refractivity contribution in [2.24, 2.45) is 0 Å². The van der Waals surface area contributed by atoms with E-state index in [1.54, 1.807) is 6.07 Å². The fourth-order valence-electron chi connectivity index (χ4n) is 0.882. The van der Waals surface area contributed by atoms with Crippen LogP contribution in [0.5, 0.6) is 0 Å². The van der Waals surface area contributed by atoms with Crippen LogP contribution in [0.4, 0.5) is 4.39 Å². The second-order valence-electron chi connectivity index (χ2n) is 2.39. The maximum absolute atomic E-state index is 13.0. The van der Waals surface area contributed by atoms with Gasteiger partial charge >= 0.3 is 5.97 Å². The van der Waals surface area contributed by atoms with E-state index in [9.17, 15) is 9.18 Å². The van der Waals surface area contributed by atoms with Crippen molar-refractivity contribution in [1.29, 1.82) is 0 Å². The molecule has 0 bridgehead atoms. The van der Waals surface area contributed by atoms with Gasteiger partial charge in [0, 0.05) is 3.57 Å². The Morgan fingerprint density at radius 2 is 2.23 bits per heavy atom. The smallest absolute Gasteiger partial charge is 0.307 e. The lowest BCUT2D eigenvalue weighted by Gasteiger charge is -2.04. The quantitative estimate of drug-likeness (QED) is 0.652. The summed E-state index contributed by atoms with van der Waals surface area (Å²) in [5.74, 6) is -1.40. The summed E-state index contributed by atoms with van der Waals surface area (Å²) >= 11 is 4.99. The first kappa shape index (κ1) is 10.9. The Morgan fingerprint density at radius 3 is 2.77 bits per heavy atom. The molecular formula is C8H5BrFIO2. The van der Waals surface area contributed by atoms with Gasteiger partial charge in [0.05, 0.1) is 10.9 Å². The summed E-state index contributed by atoms with van der Waals surface area (Å²) in [5, 5.41) is 8.56. The monoisotopic (exact) mass is 358 g/mol. The van der Waals surface area contributed by atoms with Gasteiger partial charge in [-0.1, -0.05) is 0 Å². The van der Waals surface area contributed by atoms with E-state index in [0.717, 1.165) is 3.57 Å². The molecule has 0 aliphatic rings. The van der Waals surface area contributed by atoms with Gasteiger partial charge in [-0.05, 0) is 56.2 Å². The number of hydrogen-bond donors (Lipinski definition) is 1. The van der Waals surface area contributed by atoms with Crippen molar-refractivity contribution in [2.75, 3.05) is 0 Å². The Hall–Kier alpha value is -0.170. The van der Waals surface area contributed by atoms with Crippen LogP contribution >= 0.6 is 38.5 Å². The normalized spacial score (nSPS) is 10.1. The second-order valence-corrected chi connectivity index (χ2v) is 4.35. The van der Waals surface area contributed by atoms with Crippen LogP contribution in [0.2, 0.25) is 0 Å². The topological polar surface area (TPSA) is 37.3 Å². The average molecular weight is 359 g/mol. The molecule has 0 saturated heterocycles. The van der Waals surface area contributed by atoms with E-state index in [2.05, 4.69) is 15.9 Å². The van der Waals surface area contributed by atoms with E-state index in [0.29, 0.717) is 5.56 Å². The van der Waals surface area contributed by atoms with Gasteiger partial charge in [-0.2, -0.15) is 0 Å². The molecule has 0 aromatic heterocycles. The van der Waals surface area contributed by atoms with Gasteiger partial charge in [-0.15, -0.1) is 0 Å². The maximum atomic E-state index is 13.0. The van der Waals surface area contributed by atoms with Crippen molar-refractivity contribution < 1.29 is 14.3 Å². The fraction of sp³-hybridized carbons (Fsp3) is 0.125. The Morgan fingerprint density at radius 1 is 1.62 bits per heavy atom. The highest BCUT2D eigenvalue weighted by molar-refractivity contribution is 14.1. The van der Waals surface area contributed by atoms with E-state index in [1.807, 2.05) is 22.6 Å². The van der Waals surface area contributed by atoms with Crippen LogP contribution < -0.4 is 0 Å². The highest BCUT2D eigenvalue weighted by Gasteiger charge is 2.12. The van der Waals surface area contributed by atoms with E-state index < -0.39 is 11.8 Å². The molecular weight excluding hydrogens is 354 g/mol. The molecule has 0 spiro atoms. The van der Waals surface area contributed by atoms with Gasteiger partial charge in [-0.3, -0.25) is 4.79 Å². The summed E-state index contributed by atoms with van der Waals surface area (Å²) < 4.78 is 13.9. The van der Waals surface area contributed by atoms with Crippen LogP contribution in [-0.2, 0) is 11.2 Å². The zero-order valence-corrected chi connectivity index (χ0v) is 10.1. The second kappa shape index (κ2) is 4.36. The van der Waals surface area contributed by atoms with E-state index in [4.69, 9.17) is 5.11 Å². The molecule has 0 amide bonds. The minimum atomic E-state index is -0.968. The van der Waals surface area contributed by atoms with Crippen LogP contribution in [0.25, 0.3) is 0 Å². The lowest BCUT2D eigenvalue weighted by atomic mass is 10.1. The molecule has 1 aromatic carbocycles. The summed E-state index contributed by atoms with van der Waals surface area (Å²) in [4.78, 5) is 10.4. The lowest BCUT2D eigenvalue weighted by molar-refractivity contribution is -0.136. The van der Waals surface area contributed by atoms with Crippen LogP contribution in [0.15, 0.2) is 16.6 Å². The molecule has 0 radical (unpaired) electrons. The van der Waals surface area contributed by atoms with Crippen LogP contribution in [0, 0.1) is 9.39 Å². The Bertz CT molecular complexity index is 354. The van der Waals surface area contributed by atoms with Gasteiger partial charge in [0.15, 0.2) is 0 Å². The SMILES string of the molecule is O=C(O)Cc1c(I)ccc(F)c1Br. The largest absolute Gasteiger partial charge is 0.481 e. The number of rotatable bonds is 2. The van der Waals surface area contributed by atoms with Crippen LogP contribution in [0.1, 0.15) is 5.56 Å². The molecule has 2 nitrogen and oxygen atoms in total. The van der Waals surface area contributed by atoms with Crippen molar-refractivity contribution in [3.05, 3.63) is 31.6 Å². The van der Waals surface area contributed by atoms with Crippen LogP contribution in [0.3, 0.4) is 0 Å². The van der Waals surface area contributed by atoms with E-state index in [1.165, 1.54) is 6.07 Å². The van der Waals surface area contributed by atoms with E-state index in [-0.39, 0.29) is 10.9 Å². The molecule has 0 unspecified atom stereocenters. The lowest BCUT2D eigenvalue weighted by Crippen LogP contribution is -2.03. The van der Waals surface area contributed by atoms with Crippen molar-refractivity contribution in [1.82, 2.24) is 0 Å². The van der Waals surface area contributed by atoms with Crippen molar-refractivity contribution in [2.45, 2.75) is 6.42 Å². The van der Waals surface area contributed by atoms with Crippen molar-refractivity contribution in [3.63, 3.8) is 0 Å². The van der Waals surface area contributed by atoms with E-state index >= 15 is 0 Å². The fourth-order valence-corrected chi connectivity index (χ4v) is 2.38. The summed E-state index contributed by atoms with van der Waals surface area (Å²) in [6.45, 7) is 0. The van der Waals surface area contributed by atoms with Gasteiger partial charge in [0.25, 0.3) is 0 Å². The highest BCUT2D eigenvalue weighted by atomic mass is 127. The minimum Gasteiger partial charge on any atom is -0.481 e. The first-order valence-corrected chi connectivity index (χ1v) is 5.23. The number of aliphatic carboxylic acids is 1. The van der Waals surface area contributed by atoms with Crippen molar-refractivity contribution in [3.8, 4) is 0 Å². The maximum Gasteiger partial charge on any atom is 0.307 e. The molecule has 13 heavy (non-hydrogen) atoms. The van der Waals surface area contributed by atoms with Gasteiger partial charge < -0.3 is 5.11 Å². The molecule has 0 saturated carbocycles. The molecule has 1 rings (SSSR count). The number of hydrogen-bond acceptors (Lipinski definition) is 1. The molecule has 70 valence electrons. The molecule has 0 aliphatic carbocycles. The number of carboxylic acid groups (broad SMARTS) is 1. The first-order valence-electron chi connectivity index (χ1n) is 3.36. The zero-order chi connectivity index (χ0) is 10.0. The molecule has 5 heteroatoms. The van der Waals surface area contributed by atoms with Crippen LogP contribution in [-0.4, -0.2) is 11.1 Å². The Kier molecular flexibility index (Phi) is 3.66. The van der Waals surface area contributed by atoms with Gasteiger partial charge in [0.2, 0.25) is 0 Å². The molecule has 0 atom stereocenters. The predicted molar refractivity (Wildman–Crippen MR) is 58.2 cm³/mol. The minimum absolute atomic E-state index is 0.170. The molecule has 0 fully saturated rings. The highest BCUT2D eigenvalue weighted by Crippen LogP contribution is 2.25.